The molecule has 0 aliphatic carbocycles. The summed E-state index contributed by atoms with van der Waals surface area (Å²) in [7, 11) is 0. The van der Waals surface area contributed by atoms with Gasteiger partial charge in [-0.05, 0) is 25.8 Å². The largest absolute Gasteiger partial charge is 0.339 e. The van der Waals surface area contributed by atoms with Gasteiger partial charge >= 0.3 is 0 Å². The Bertz CT molecular complexity index is 736. The predicted molar refractivity (Wildman–Crippen MR) is 87.8 cm³/mol. The number of carbonyl (C=O) groups excluding carboxylic acids is 1. The highest BCUT2D eigenvalue weighted by Gasteiger charge is 2.26. The highest BCUT2D eigenvalue weighted by Crippen LogP contribution is 2.30. The lowest BCUT2D eigenvalue weighted by Crippen LogP contribution is -2.37. The van der Waals surface area contributed by atoms with E-state index in [0.717, 1.165) is 23.5 Å². The van der Waals surface area contributed by atoms with Gasteiger partial charge in [0.1, 0.15) is 0 Å². The summed E-state index contributed by atoms with van der Waals surface area (Å²) in [6.07, 6.45) is 1.77. The Labute approximate surface area is 137 Å². The third-order valence-electron chi connectivity index (χ3n) is 4.07. The van der Waals surface area contributed by atoms with Crippen LogP contribution < -0.4 is 0 Å². The fraction of sp³-hybridized carbons (Fsp3) is 0.375. The molecule has 1 aliphatic rings. The molecule has 1 aliphatic heterocycles. The van der Waals surface area contributed by atoms with Gasteiger partial charge in [-0.15, -0.1) is 11.3 Å². The van der Waals surface area contributed by atoms with Gasteiger partial charge in [-0.1, -0.05) is 6.07 Å². The second-order valence-corrected chi connectivity index (χ2v) is 6.59. The van der Waals surface area contributed by atoms with Gasteiger partial charge in [0.15, 0.2) is 0 Å². The van der Waals surface area contributed by atoms with E-state index in [1.54, 1.807) is 28.4 Å². The molecule has 0 saturated carbocycles. The summed E-state index contributed by atoms with van der Waals surface area (Å²) in [5.41, 5.74) is 1.37. The van der Waals surface area contributed by atoms with E-state index in [1.807, 2.05) is 6.92 Å². The smallest absolute Gasteiger partial charge is 0.270 e. The van der Waals surface area contributed by atoms with Gasteiger partial charge in [-0.2, -0.15) is 0 Å². The topological polar surface area (TPSA) is 76.3 Å². The molecule has 1 saturated heterocycles. The number of carbonyl (C=O) groups is 1. The van der Waals surface area contributed by atoms with E-state index in [1.165, 1.54) is 12.1 Å². The first kappa shape index (κ1) is 15.6. The molecule has 1 fully saturated rings. The van der Waals surface area contributed by atoms with Crippen LogP contribution in [0.1, 0.15) is 39.8 Å². The van der Waals surface area contributed by atoms with Crippen molar-refractivity contribution in [2.45, 2.75) is 25.7 Å². The lowest BCUT2D eigenvalue weighted by Gasteiger charge is -2.31. The van der Waals surface area contributed by atoms with Crippen molar-refractivity contribution >= 4 is 22.9 Å². The number of hydrogen-bond acceptors (Lipinski definition) is 5. The van der Waals surface area contributed by atoms with Gasteiger partial charge in [0, 0.05) is 47.8 Å². The molecule has 0 bridgehead atoms. The maximum Gasteiger partial charge on any atom is 0.270 e. The lowest BCUT2D eigenvalue weighted by molar-refractivity contribution is -0.384. The molecule has 7 heteroatoms. The minimum Gasteiger partial charge on any atom is -0.339 e. The summed E-state index contributed by atoms with van der Waals surface area (Å²) in [5.74, 6) is 0.269. The molecule has 0 spiro atoms. The van der Waals surface area contributed by atoms with E-state index in [2.05, 4.69) is 10.4 Å². The van der Waals surface area contributed by atoms with Crippen molar-refractivity contribution < 1.29 is 9.72 Å². The highest BCUT2D eigenvalue weighted by molar-refractivity contribution is 7.09. The number of non-ortho nitro benzene ring substituents is 1. The zero-order valence-corrected chi connectivity index (χ0v) is 13.6. The Morgan fingerprint density at radius 2 is 2.13 bits per heavy atom. The van der Waals surface area contributed by atoms with E-state index in [9.17, 15) is 14.9 Å². The number of aromatic nitrogens is 1. The number of piperidine rings is 1. The Balaban J connectivity index is 1.66. The highest BCUT2D eigenvalue weighted by atomic mass is 32.1. The van der Waals surface area contributed by atoms with Crippen LogP contribution in [0, 0.1) is 17.0 Å². The Morgan fingerprint density at radius 3 is 2.74 bits per heavy atom. The van der Waals surface area contributed by atoms with Gasteiger partial charge in [-0.3, -0.25) is 14.9 Å². The molecular formula is C16H17N3O3S. The van der Waals surface area contributed by atoms with Crippen LogP contribution >= 0.6 is 11.3 Å². The van der Waals surface area contributed by atoms with Gasteiger partial charge in [-0.25, -0.2) is 4.98 Å². The molecule has 1 aromatic carbocycles. The fourth-order valence-corrected chi connectivity index (χ4v) is 3.79. The molecule has 0 unspecified atom stereocenters. The van der Waals surface area contributed by atoms with Crippen molar-refractivity contribution in [3.63, 3.8) is 0 Å². The molecule has 23 heavy (non-hydrogen) atoms. The first-order valence-corrected chi connectivity index (χ1v) is 8.38. The van der Waals surface area contributed by atoms with Crippen LogP contribution in [-0.2, 0) is 0 Å². The minimum absolute atomic E-state index is 0.0519. The summed E-state index contributed by atoms with van der Waals surface area (Å²) in [4.78, 5) is 29.2. The Hall–Kier alpha value is -2.28. The predicted octanol–water partition coefficient (Wildman–Crippen LogP) is 3.38. The van der Waals surface area contributed by atoms with Gasteiger partial charge in [0.25, 0.3) is 11.6 Å². The molecule has 0 atom stereocenters. The quantitative estimate of drug-likeness (QED) is 0.638. The maximum atomic E-state index is 12.5. The molecule has 3 rings (SSSR count). The minimum atomic E-state index is -0.478. The van der Waals surface area contributed by atoms with E-state index in [4.69, 9.17) is 0 Å². The number of nitro benzene ring substituents is 1. The monoisotopic (exact) mass is 331 g/mol. The molecule has 120 valence electrons. The maximum absolute atomic E-state index is 12.5. The summed E-state index contributed by atoms with van der Waals surface area (Å²) in [5, 5.41) is 14.0. The van der Waals surface area contributed by atoms with Crippen LogP contribution in [0.4, 0.5) is 5.69 Å². The second-order valence-electron chi connectivity index (χ2n) is 5.70. The van der Waals surface area contributed by atoms with Gasteiger partial charge in [0.2, 0.25) is 0 Å². The van der Waals surface area contributed by atoms with Crippen molar-refractivity contribution in [2.75, 3.05) is 13.1 Å². The van der Waals surface area contributed by atoms with Crippen molar-refractivity contribution in [1.29, 1.82) is 0 Å². The first-order chi connectivity index (χ1) is 11.0. The summed E-state index contributed by atoms with van der Waals surface area (Å²) in [6.45, 7) is 3.30. The molecule has 2 heterocycles. The lowest BCUT2D eigenvalue weighted by atomic mass is 9.97. The number of thiazole rings is 1. The average Bonchev–Trinajstić information content (AvgIpc) is 3.01. The third kappa shape index (κ3) is 3.39. The average molecular weight is 331 g/mol. The molecule has 2 aromatic rings. The van der Waals surface area contributed by atoms with Crippen LogP contribution in [-0.4, -0.2) is 33.8 Å². The van der Waals surface area contributed by atoms with E-state index >= 15 is 0 Å². The number of hydrogen-bond donors (Lipinski definition) is 0. The first-order valence-electron chi connectivity index (χ1n) is 7.50. The number of rotatable bonds is 3. The number of likely N-dealkylation sites (tertiary alicyclic amines) is 1. The SMILES string of the molecule is Cc1csc(C2CCN(C(=O)c3cccc([N+](=O)[O-])c3)CC2)n1. The fourth-order valence-electron chi connectivity index (χ4n) is 2.82. The zero-order chi connectivity index (χ0) is 16.4. The van der Waals surface area contributed by atoms with E-state index < -0.39 is 4.92 Å². The molecular weight excluding hydrogens is 314 g/mol. The molecule has 0 radical (unpaired) electrons. The molecule has 1 aromatic heterocycles. The van der Waals surface area contributed by atoms with Crippen LogP contribution in [0.3, 0.4) is 0 Å². The van der Waals surface area contributed by atoms with Gasteiger partial charge in [0.05, 0.1) is 9.93 Å². The van der Waals surface area contributed by atoms with Crippen LogP contribution in [0.25, 0.3) is 0 Å². The van der Waals surface area contributed by atoms with Crippen molar-refractivity contribution in [3.8, 4) is 0 Å². The summed E-state index contributed by atoms with van der Waals surface area (Å²) < 4.78 is 0. The summed E-state index contributed by atoms with van der Waals surface area (Å²) in [6, 6.07) is 5.93. The summed E-state index contributed by atoms with van der Waals surface area (Å²) >= 11 is 1.68. The Kier molecular flexibility index (Phi) is 4.38. The number of nitrogens with zero attached hydrogens (tertiary/aromatic N) is 3. The normalized spacial score (nSPS) is 15.6. The zero-order valence-electron chi connectivity index (χ0n) is 12.8. The third-order valence-corrected chi connectivity index (χ3v) is 5.20. The number of aryl methyl sites for hydroxylation is 1. The number of amides is 1. The van der Waals surface area contributed by atoms with Crippen LogP contribution in [0.5, 0.6) is 0 Å². The Morgan fingerprint density at radius 1 is 1.39 bits per heavy atom. The molecule has 1 amide bonds. The molecule has 0 N–H and O–H groups in total. The number of nitro groups is 1. The van der Waals surface area contributed by atoms with Gasteiger partial charge < -0.3 is 4.90 Å². The van der Waals surface area contributed by atoms with Crippen LogP contribution in [0.15, 0.2) is 29.6 Å². The van der Waals surface area contributed by atoms with Crippen molar-refractivity contribution in [3.05, 3.63) is 56.0 Å². The van der Waals surface area contributed by atoms with Crippen molar-refractivity contribution in [2.24, 2.45) is 0 Å². The number of benzene rings is 1. The van der Waals surface area contributed by atoms with Crippen molar-refractivity contribution in [1.82, 2.24) is 9.88 Å². The van der Waals surface area contributed by atoms with E-state index in [-0.39, 0.29) is 11.6 Å². The second kappa shape index (κ2) is 6.45. The standard InChI is InChI=1S/C16H17N3O3S/c1-11-10-23-15(17-11)12-5-7-18(8-6-12)16(20)13-3-2-4-14(9-13)19(21)22/h2-4,9-10,12H,5-8H2,1H3. The van der Waals surface area contributed by atoms with Crippen LogP contribution in [0.2, 0.25) is 0 Å². The molecule has 6 nitrogen and oxygen atoms in total. The van der Waals surface area contributed by atoms with E-state index in [0.29, 0.717) is 24.6 Å².